The number of carbonyl (C=O) groups excluding carboxylic acids is 1. The Labute approximate surface area is 94.8 Å². The fourth-order valence-electron chi connectivity index (χ4n) is 1.25. The van der Waals surface area contributed by atoms with Gasteiger partial charge in [0.15, 0.2) is 0 Å². The van der Waals surface area contributed by atoms with Gasteiger partial charge in [0, 0.05) is 24.7 Å². The summed E-state index contributed by atoms with van der Waals surface area (Å²) in [7, 11) is 0. The van der Waals surface area contributed by atoms with Crippen LogP contribution in [0.25, 0.3) is 0 Å². The fourth-order valence-corrected chi connectivity index (χ4v) is 1.25. The van der Waals surface area contributed by atoms with Crippen LogP contribution in [-0.4, -0.2) is 19.1 Å². The van der Waals surface area contributed by atoms with Crippen LogP contribution in [0.1, 0.15) is 13.3 Å². The number of anilines is 2. The zero-order valence-corrected chi connectivity index (χ0v) is 9.32. The van der Waals surface area contributed by atoms with E-state index in [-0.39, 0.29) is 5.91 Å². The molecule has 0 heterocycles. The lowest BCUT2D eigenvalue weighted by atomic mass is 10.2. The van der Waals surface area contributed by atoms with E-state index in [1.165, 1.54) is 0 Å². The standard InChI is InChI=1S/C11H17N3O2/c1-2-16-10-7-8(3-4-9(10)12)14-6-5-11(13)15/h3-4,7,14H,2,5-6,12H2,1H3,(H2,13,15). The number of primary amides is 1. The summed E-state index contributed by atoms with van der Waals surface area (Å²) in [5.41, 5.74) is 12.2. The second-order valence-corrected chi connectivity index (χ2v) is 3.33. The van der Waals surface area contributed by atoms with E-state index in [1.807, 2.05) is 13.0 Å². The van der Waals surface area contributed by atoms with Gasteiger partial charge in [-0.05, 0) is 19.1 Å². The van der Waals surface area contributed by atoms with Crippen LogP contribution in [0.4, 0.5) is 11.4 Å². The molecule has 16 heavy (non-hydrogen) atoms. The van der Waals surface area contributed by atoms with Crippen molar-refractivity contribution in [2.45, 2.75) is 13.3 Å². The molecule has 0 atom stereocenters. The first kappa shape index (κ1) is 12.2. The highest BCUT2D eigenvalue weighted by molar-refractivity contribution is 5.74. The Morgan fingerprint density at radius 1 is 1.50 bits per heavy atom. The van der Waals surface area contributed by atoms with Crippen molar-refractivity contribution in [2.24, 2.45) is 5.73 Å². The molecule has 5 heteroatoms. The molecule has 5 nitrogen and oxygen atoms in total. The fraction of sp³-hybridized carbons (Fsp3) is 0.364. The molecule has 5 N–H and O–H groups in total. The van der Waals surface area contributed by atoms with Gasteiger partial charge < -0.3 is 21.5 Å². The molecule has 0 aliphatic heterocycles. The molecule has 1 rings (SSSR count). The average molecular weight is 223 g/mol. The zero-order chi connectivity index (χ0) is 12.0. The minimum absolute atomic E-state index is 0.300. The van der Waals surface area contributed by atoms with Gasteiger partial charge in [-0.2, -0.15) is 0 Å². The van der Waals surface area contributed by atoms with Gasteiger partial charge in [0.2, 0.25) is 5.91 Å². The van der Waals surface area contributed by atoms with E-state index in [9.17, 15) is 4.79 Å². The summed E-state index contributed by atoms with van der Waals surface area (Å²) in [6.45, 7) is 2.96. The summed E-state index contributed by atoms with van der Waals surface area (Å²) < 4.78 is 5.35. The van der Waals surface area contributed by atoms with Gasteiger partial charge in [-0.1, -0.05) is 0 Å². The number of nitrogens with two attached hydrogens (primary N) is 2. The van der Waals surface area contributed by atoms with E-state index in [2.05, 4.69) is 5.32 Å². The number of rotatable bonds is 6. The number of nitrogens with one attached hydrogen (secondary N) is 1. The first-order chi connectivity index (χ1) is 7.63. The molecule has 0 spiro atoms. The van der Waals surface area contributed by atoms with Crippen molar-refractivity contribution in [1.82, 2.24) is 0 Å². The first-order valence-corrected chi connectivity index (χ1v) is 5.18. The highest BCUT2D eigenvalue weighted by Gasteiger charge is 2.01. The molecule has 0 bridgehead atoms. The summed E-state index contributed by atoms with van der Waals surface area (Å²) in [5, 5.41) is 3.07. The van der Waals surface area contributed by atoms with Crippen LogP contribution in [0.2, 0.25) is 0 Å². The Morgan fingerprint density at radius 2 is 2.25 bits per heavy atom. The first-order valence-electron chi connectivity index (χ1n) is 5.18. The van der Waals surface area contributed by atoms with Gasteiger partial charge in [0.1, 0.15) is 5.75 Å². The van der Waals surface area contributed by atoms with Crippen LogP contribution in [-0.2, 0) is 4.79 Å². The Balaban J connectivity index is 2.60. The van der Waals surface area contributed by atoms with Crippen molar-refractivity contribution in [1.29, 1.82) is 0 Å². The summed E-state index contributed by atoms with van der Waals surface area (Å²) in [5.74, 6) is 0.319. The maximum absolute atomic E-state index is 10.6. The zero-order valence-electron chi connectivity index (χ0n) is 9.32. The Bertz CT molecular complexity index is 366. The quantitative estimate of drug-likeness (QED) is 0.626. The van der Waals surface area contributed by atoms with Crippen LogP contribution in [0.3, 0.4) is 0 Å². The van der Waals surface area contributed by atoms with Crippen molar-refractivity contribution >= 4 is 17.3 Å². The van der Waals surface area contributed by atoms with Crippen molar-refractivity contribution in [3.63, 3.8) is 0 Å². The minimum atomic E-state index is -0.326. The Hall–Kier alpha value is -1.91. The van der Waals surface area contributed by atoms with E-state index < -0.39 is 0 Å². The van der Waals surface area contributed by atoms with Gasteiger partial charge >= 0.3 is 0 Å². The second kappa shape index (κ2) is 5.85. The number of ether oxygens (including phenoxy) is 1. The molecule has 1 aromatic rings. The molecule has 1 aromatic carbocycles. The lowest BCUT2D eigenvalue weighted by Crippen LogP contribution is -2.15. The minimum Gasteiger partial charge on any atom is -0.492 e. The SMILES string of the molecule is CCOc1cc(NCCC(N)=O)ccc1N. The highest BCUT2D eigenvalue weighted by Crippen LogP contribution is 2.25. The van der Waals surface area contributed by atoms with E-state index in [0.717, 1.165) is 5.69 Å². The van der Waals surface area contributed by atoms with Crippen molar-refractivity contribution < 1.29 is 9.53 Å². The molecule has 88 valence electrons. The van der Waals surface area contributed by atoms with Gasteiger partial charge in [-0.25, -0.2) is 0 Å². The number of carbonyl (C=O) groups is 1. The van der Waals surface area contributed by atoms with E-state index >= 15 is 0 Å². The molecule has 0 saturated carbocycles. The average Bonchev–Trinajstić information content (AvgIpc) is 2.22. The number of hydrogen-bond donors (Lipinski definition) is 3. The van der Waals surface area contributed by atoms with Gasteiger partial charge in [-0.3, -0.25) is 4.79 Å². The van der Waals surface area contributed by atoms with E-state index in [1.54, 1.807) is 12.1 Å². The molecule has 0 unspecified atom stereocenters. The summed E-state index contributed by atoms with van der Waals surface area (Å²) in [4.78, 5) is 10.6. The Morgan fingerprint density at radius 3 is 2.88 bits per heavy atom. The van der Waals surface area contributed by atoms with Crippen molar-refractivity contribution in [3.05, 3.63) is 18.2 Å². The molecule has 0 saturated heterocycles. The molecular formula is C11H17N3O2. The largest absolute Gasteiger partial charge is 0.492 e. The van der Waals surface area contributed by atoms with Crippen LogP contribution >= 0.6 is 0 Å². The lowest BCUT2D eigenvalue weighted by molar-refractivity contribution is -0.117. The van der Waals surface area contributed by atoms with Crippen LogP contribution in [0, 0.1) is 0 Å². The maximum Gasteiger partial charge on any atom is 0.219 e. The third kappa shape index (κ3) is 3.68. The molecule has 0 fully saturated rings. The monoisotopic (exact) mass is 223 g/mol. The smallest absolute Gasteiger partial charge is 0.219 e. The number of nitrogen functional groups attached to an aromatic ring is 1. The molecule has 1 amide bonds. The molecule has 0 aliphatic rings. The normalized spacial score (nSPS) is 9.81. The lowest BCUT2D eigenvalue weighted by Gasteiger charge is -2.10. The van der Waals surface area contributed by atoms with E-state index in [0.29, 0.717) is 31.0 Å². The molecule has 0 radical (unpaired) electrons. The van der Waals surface area contributed by atoms with Crippen LogP contribution < -0.4 is 21.5 Å². The predicted molar refractivity (Wildman–Crippen MR) is 64.3 cm³/mol. The number of benzene rings is 1. The van der Waals surface area contributed by atoms with Crippen LogP contribution in [0.15, 0.2) is 18.2 Å². The maximum atomic E-state index is 10.6. The summed E-state index contributed by atoms with van der Waals surface area (Å²) in [6.07, 6.45) is 0.300. The molecular weight excluding hydrogens is 206 g/mol. The van der Waals surface area contributed by atoms with Crippen molar-refractivity contribution in [3.8, 4) is 5.75 Å². The van der Waals surface area contributed by atoms with Gasteiger partial charge in [0.25, 0.3) is 0 Å². The third-order valence-corrected chi connectivity index (χ3v) is 2.01. The number of hydrogen-bond acceptors (Lipinski definition) is 4. The summed E-state index contributed by atoms with van der Waals surface area (Å²) in [6, 6.07) is 5.40. The topological polar surface area (TPSA) is 90.4 Å². The predicted octanol–water partition coefficient (Wildman–Crippen LogP) is 0.955. The molecule has 0 aromatic heterocycles. The van der Waals surface area contributed by atoms with Crippen molar-refractivity contribution in [2.75, 3.05) is 24.2 Å². The molecule has 0 aliphatic carbocycles. The second-order valence-electron chi connectivity index (χ2n) is 3.33. The van der Waals surface area contributed by atoms with Gasteiger partial charge in [-0.15, -0.1) is 0 Å². The third-order valence-electron chi connectivity index (χ3n) is 2.01. The summed E-state index contributed by atoms with van der Waals surface area (Å²) >= 11 is 0. The van der Waals surface area contributed by atoms with Gasteiger partial charge in [0.05, 0.1) is 12.3 Å². The van der Waals surface area contributed by atoms with E-state index in [4.69, 9.17) is 16.2 Å². The van der Waals surface area contributed by atoms with Crippen LogP contribution in [0.5, 0.6) is 5.75 Å². The highest BCUT2D eigenvalue weighted by atomic mass is 16.5. The number of amides is 1. The Kier molecular flexibility index (Phi) is 4.44.